The molecular weight excluding hydrogens is 319 g/mol. The van der Waals surface area contributed by atoms with E-state index in [4.69, 9.17) is 4.18 Å². The molecule has 0 saturated heterocycles. The van der Waals surface area contributed by atoms with E-state index in [1.165, 1.54) is 12.8 Å². The molecular formula is C18H31NaO3S. The predicted octanol–water partition coefficient (Wildman–Crippen LogP) is 2.00. The van der Waals surface area contributed by atoms with E-state index in [2.05, 4.69) is 27.7 Å². The first-order valence-corrected chi connectivity index (χ1v) is 9.73. The molecule has 3 atom stereocenters. The fourth-order valence-electron chi connectivity index (χ4n) is 2.77. The molecule has 0 N–H and O–H groups in total. The molecule has 3 nitrogen and oxygen atoms in total. The summed E-state index contributed by atoms with van der Waals surface area (Å²) in [6.45, 7) is 9.34. The Labute approximate surface area is 166 Å². The molecule has 1 rings (SSSR count). The zero-order valence-corrected chi connectivity index (χ0v) is 18.1. The normalized spacial score (nSPS) is 15.5. The molecule has 0 radical (unpaired) electrons. The minimum atomic E-state index is -3.60. The first-order valence-electron chi connectivity index (χ1n) is 8.33. The van der Waals surface area contributed by atoms with Gasteiger partial charge in [-0.1, -0.05) is 58.7 Å². The number of benzene rings is 1. The second kappa shape index (κ2) is 11.6. The van der Waals surface area contributed by atoms with Gasteiger partial charge in [-0.05, 0) is 42.7 Å². The smallest absolute Gasteiger partial charge is 1.00 e. The minimum absolute atomic E-state index is 0. The van der Waals surface area contributed by atoms with Crippen LogP contribution in [0.5, 0.6) is 0 Å². The van der Waals surface area contributed by atoms with Gasteiger partial charge in [0.15, 0.2) is 0 Å². The summed E-state index contributed by atoms with van der Waals surface area (Å²) >= 11 is 0. The van der Waals surface area contributed by atoms with Gasteiger partial charge in [-0.25, -0.2) is 0 Å². The quantitative estimate of drug-likeness (QED) is 0.368. The number of rotatable bonds is 10. The van der Waals surface area contributed by atoms with Crippen molar-refractivity contribution in [3.63, 3.8) is 0 Å². The van der Waals surface area contributed by atoms with Crippen LogP contribution in [0, 0.1) is 17.8 Å². The van der Waals surface area contributed by atoms with Crippen molar-refractivity contribution in [2.45, 2.75) is 58.3 Å². The van der Waals surface area contributed by atoms with Gasteiger partial charge in [0, 0.05) is 0 Å². The molecule has 0 spiro atoms. The van der Waals surface area contributed by atoms with Crippen molar-refractivity contribution in [2.24, 2.45) is 17.8 Å². The summed E-state index contributed by atoms with van der Waals surface area (Å²) in [5.41, 5.74) is 0. The van der Waals surface area contributed by atoms with Gasteiger partial charge in [-0.15, -0.1) is 0 Å². The molecule has 0 aliphatic rings. The van der Waals surface area contributed by atoms with Crippen molar-refractivity contribution < 1.29 is 43.6 Å². The standard InChI is InChI=1S/C18H30O3S.Na.H/c1-5-10-15(2)17(4)16(3)11-9-14-21-22(19,20)18-12-7-6-8-13-18;;/h6-8,12-13,15-17H,5,9-11,14H2,1-4H3;;/q;+1;-1. The third-order valence-electron chi connectivity index (χ3n) is 4.61. The van der Waals surface area contributed by atoms with E-state index in [0.29, 0.717) is 17.8 Å². The molecule has 23 heavy (non-hydrogen) atoms. The third kappa shape index (κ3) is 8.17. The van der Waals surface area contributed by atoms with Crippen LogP contribution in [0.25, 0.3) is 0 Å². The molecule has 5 heteroatoms. The van der Waals surface area contributed by atoms with Gasteiger partial charge in [0.1, 0.15) is 0 Å². The molecule has 0 fully saturated rings. The van der Waals surface area contributed by atoms with E-state index in [1.807, 2.05) is 0 Å². The van der Waals surface area contributed by atoms with Crippen LogP contribution >= 0.6 is 0 Å². The maximum absolute atomic E-state index is 12.0. The fourth-order valence-corrected chi connectivity index (χ4v) is 3.73. The van der Waals surface area contributed by atoms with Crippen LogP contribution in [0.4, 0.5) is 0 Å². The summed E-state index contributed by atoms with van der Waals surface area (Å²) < 4.78 is 29.1. The second-order valence-corrected chi connectivity index (χ2v) is 7.95. The van der Waals surface area contributed by atoms with Crippen LogP contribution in [0.1, 0.15) is 54.8 Å². The molecule has 1 aromatic carbocycles. The van der Waals surface area contributed by atoms with Gasteiger partial charge in [0.05, 0.1) is 11.5 Å². The molecule has 0 heterocycles. The molecule has 0 aliphatic heterocycles. The van der Waals surface area contributed by atoms with Crippen LogP contribution in [0.15, 0.2) is 35.2 Å². The van der Waals surface area contributed by atoms with Crippen LogP contribution < -0.4 is 29.6 Å². The Morgan fingerprint density at radius 2 is 1.61 bits per heavy atom. The summed E-state index contributed by atoms with van der Waals surface area (Å²) in [6, 6.07) is 8.32. The number of hydrogen-bond donors (Lipinski definition) is 0. The van der Waals surface area contributed by atoms with Gasteiger partial charge in [-0.2, -0.15) is 8.42 Å². The summed E-state index contributed by atoms with van der Waals surface area (Å²) in [7, 11) is -3.60. The minimum Gasteiger partial charge on any atom is -1.00 e. The molecule has 0 aliphatic carbocycles. The van der Waals surface area contributed by atoms with E-state index in [0.717, 1.165) is 12.8 Å². The summed E-state index contributed by atoms with van der Waals surface area (Å²) in [5, 5.41) is 0. The molecule has 128 valence electrons. The SMILES string of the molecule is CCCC(C)C(C)C(C)CCCOS(=O)(=O)c1ccccc1.[H-].[Na+]. The Morgan fingerprint density at radius 1 is 1.04 bits per heavy atom. The third-order valence-corrected chi connectivity index (χ3v) is 5.94. The Balaban J connectivity index is 0. The van der Waals surface area contributed by atoms with Crippen molar-refractivity contribution in [1.29, 1.82) is 0 Å². The van der Waals surface area contributed by atoms with Crippen molar-refractivity contribution >= 4 is 10.1 Å². The zero-order valence-electron chi connectivity index (χ0n) is 16.3. The molecule has 0 amide bonds. The topological polar surface area (TPSA) is 43.4 Å². The molecule has 0 saturated carbocycles. The maximum Gasteiger partial charge on any atom is 1.00 e. The Hall–Kier alpha value is 0.130. The summed E-state index contributed by atoms with van der Waals surface area (Å²) in [6.07, 6.45) is 4.25. The first-order chi connectivity index (χ1) is 10.4. The van der Waals surface area contributed by atoms with Crippen molar-refractivity contribution in [1.82, 2.24) is 0 Å². The van der Waals surface area contributed by atoms with Gasteiger partial charge in [0.2, 0.25) is 0 Å². The first kappa shape index (κ1) is 23.1. The van der Waals surface area contributed by atoms with E-state index >= 15 is 0 Å². The van der Waals surface area contributed by atoms with Crippen LogP contribution in [0.2, 0.25) is 0 Å². The Kier molecular flexibility index (Phi) is 11.7. The summed E-state index contributed by atoms with van der Waals surface area (Å²) in [4.78, 5) is 0.230. The van der Waals surface area contributed by atoms with E-state index in [-0.39, 0.29) is 42.5 Å². The maximum atomic E-state index is 12.0. The van der Waals surface area contributed by atoms with Gasteiger partial charge in [-0.3, -0.25) is 4.18 Å². The fraction of sp³-hybridized carbons (Fsp3) is 0.667. The summed E-state index contributed by atoms with van der Waals surface area (Å²) in [5.74, 6) is 1.96. The second-order valence-electron chi connectivity index (χ2n) is 6.33. The van der Waals surface area contributed by atoms with Crippen molar-refractivity contribution in [3.05, 3.63) is 30.3 Å². The van der Waals surface area contributed by atoms with Crippen LogP contribution in [-0.2, 0) is 14.3 Å². The molecule has 0 bridgehead atoms. The Morgan fingerprint density at radius 3 is 2.17 bits per heavy atom. The predicted molar refractivity (Wildman–Crippen MR) is 92.3 cm³/mol. The number of hydrogen-bond acceptors (Lipinski definition) is 3. The largest absolute Gasteiger partial charge is 1.00 e. The van der Waals surface area contributed by atoms with E-state index in [9.17, 15) is 8.42 Å². The van der Waals surface area contributed by atoms with Crippen LogP contribution in [-0.4, -0.2) is 15.0 Å². The molecule has 1 aromatic rings. The van der Waals surface area contributed by atoms with Gasteiger partial charge in [0.25, 0.3) is 10.1 Å². The Bertz CT molecular complexity index is 522. The molecule has 0 aromatic heterocycles. The monoisotopic (exact) mass is 350 g/mol. The van der Waals surface area contributed by atoms with Gasteiger partial charge >= 0.3 is 29.6 Å². The van der Waals surface area contributed by atoms with Crippen molar-refractivity contribution in [3.8, 4) is 0 Å². The van der Waals surface area contributed by atoms with Crippen molar-refractivity contribution in [2.75, 3.05) is 6.61 Å². The average Bonchev–Trinajstić information content (AvgIpc) is 2.51. The van der Waals surface area contributed by atoms with E-state index in [1.54, 1.807) is 30.3 Å². The van der Waals surface area contributed by atoms with Crippen LogP contribution in [0.3, 0.4) is 0 Å². The van der Waals surface area contributed by atoms with E-state index < -0.39 is 10.1 Å². The van der Waals surface area contributed by atoms with Gasteiger partial charge < -0.3 is 1.43 Å². The molecule has 3 unspecified atom stereocenters. The average molecular weight is 350 g/mol. The zero-order chi connectivity index (χ0) is 16.6.